The molecule has 0 spiro atoms. The summed E-state index contributed by atoms with van der Waals surface area (Å²) < 4.78 is 0. The monoisotopic (exact) mass is 157 g/mol. The number of nitrogens with zero attached hydrogens (tertiary/aromatic N) is 1. The van der Waals surface area contributed by atoms with Crippen LogP contribution < -0.4 is 0 Å². The van der Waals surface area contributed by atoms with E-state index < -0.39 is 0 Å². The molecule has 1 aliphatic heterocycles. The Hall–Kier alpha value is -0.410. The van der Waals surface area contributed by atoms with Crippen molar-refractivity contribution in [3.05, 3.63) is 0 Å². The maximum atomic E-state index is 10.7. The summed E-state index contributed by atoms with van der Waals surface area (Å²) in [6.45, 7) is 3.70. The van der Waals surface area contributed by atoms with Crippen LogP contribution in [0.1, 0.15) is 19.8 Å². The fraction of sp³-hybridized carbons (Fsp3) is 0.875. The number of ketones is 1. The van der Waals surface area contributed by atoms with Crippen molar-refractivity contribution >= 4 is 5.78 Å². The average Bonchev–Trinajstić information content (AvgIpc) is 1.85. The zero-order valence-electron chi connectivity index (χ0n) is 6.92. The Labute approximate surface area is 67.0 Å². The maximum Gasteiger partial charge on any atom is 0.143 e. The van der Waals surface area contributed by atoms with E-state index in [0.717, 1.165) is 19.4 Å². The molecule has 0 radical (unpaired) electrons. The van der Waals surface area contributed by atoms with Gasteiger partial charge in [0.2, 0.25) is 0 Å². The van der Waals surface area contributed by atoms with E-state index in [9.17, 15) is 9.90 Å². The number of Topliss-reactive ketones (excluding diaryl/α,β-unsaturated/α-hetero) is 1. The number of aliphatic hydroxyl groups excluding tert-OH is 1. The second-order valence-electron chi connectivity index (χ2n) is 3.23. The summed E-state index contributed by atoms with van der Waals surface area (Å²) in [7, 11) is 0. The molecule has 64 valence electrons. The predicted octanol–water partition coefficient (Wildman–Crippen LogP) is 0.0321. The van der Waals surface area contributed by atoms with E-state index in [4.69, 9.17) is 0 Å². The molecule has 0 saturated carbocycles. The van der Waals surface area contributed by atoms with Gasteiger partial charge in [-0.25, -0.2) is 0 Å². The molecule has 1 saturated heterocycles. The summed E-state index contributed by atoms with van der Waals surface area (Å²) in [6, 6.07) is 0. The van der Waals surface area contributed by atoms with Crippen molar-refractivity contribution in [1.82, 2.24) is 4.90 Å². The third kappa shape index (κ3) is 2.99. The van der Waals surface area contributed by atoms with Gasteiger partial charge in [-0.1, -0.05) is 0 Å². The van der Waals surface area contributed by atoms with Crippen molar-refractivity contribution in [1.29, 1.82) is 0 Å². The molecule has 0 aliphatic carbocycles. The van der Waals surface area contributed by atoms with Gasteiger partial charge in [0.05, 0.1) is 12.6 Å². The molecule has 1 heterocycles. The lowest BCUT2D eigenvalue weighted by Crippen LogP contribution is -2.40. The van der Waals surface area contributed by atoms with Gasteiger partial charge in [0.1, 0.15) is 5.78 Å². The highest BCUT2D eigenvalue weighted by molar-refractivity contribution is 5.77. The van der Waals surface area contributed by atoms with Crippen LogP contribution in [0.2, 0.25) is 0 Å². The van der Waals surface area contributed by atoms with Gasteiger partial charge in [-0.2, -0.15) is 0 Å². The summed E-state index contributed by atoms with van der Waals surface area (Å²) in [5.41, 5.74) is 0. The molecule has 1 aliphatic rings. The van der Waals surface area contributed by atoms with Crippen LogP contribution in [0.5, 0.6) is 0 Å². The standard InChI is InChI=1S/C8H15NO2/c1-7(10)5-9-4-2-3-8(11)6-9/h8,11H,2-6H2,1H3/t8-/m0/s1. The van der Waals surface area contributed by atoms with E-state index in [2.05, 4.69) is 0 Å². The Morgan fingerprint density at radius 3 is 3.00 bits per heavy atom. The highest BCUT2D eigenvalue weighted by atomic mass is 16.3. The lowest BCUT2D eigenvalue weighted by Gasteiger charge is -2.28. The molecule has 0 bridgehead atoms. The van der Waals surface area contributed by atoms with Gasteiger partial charge in [0, 0.05) is 6.54 Å². The number of carbonyl (C=O) groups is 1. The molecular weight excluding hydrogens is 142 g/mol. The van der Waals surface area contributed by atoms with E-state index in [1.54, 1.807) is 6.92 Å². The zero-order valence-corrected chi connectivity index (χ0v) is 6.92. The Bertz CT molecular complexity index is 147. The summed E-state index contributed by atoms with van der Waals surface area (Å²) in [5.74, 6) is 0.180. The molecule has 0 unspecified atom stereocenters. The first kappa shape index (κ1) is 8.68. The van der Waals surface area contributed by atoms with Crippen LogP contribution in [-0.2, 0) is 4.79 Å². The predicted molar refractivity (Wildman–Crippen MR) is 42.4 cm³/mol. The second-order valence-corrected chi connectivity index (χ2v) is 3.23. The molecule has 0 aromatic rings. The molecule has 1 N–H and O–H groups in total. The van der Waals surface area contributed by atoms with Gasteiger partial charge in [0.25, 0.3) is 0 Å². The second kappa shape index (κ2) is 3.83. The van der Waals surface area contributed by atoms with Gasteiger partial charge in [0.15, 0.2) is 0 Å². The molecule has 0 amide bonds. The summed E-state index contributed by atoms with van der Waals surface area (Å²) >= 11 is 0. The Balaban J connectivity index is 2.28. The Morgan fingerprint density at radius 2 is 2.45 bits per heavy atom. The first-order valence-electron chi connectivity index (χ1n) is 4.08. The normalized spacial score (nSPS) is 26.9. The fourth-order valence-electron chi connectivity index (χ4n) is 1.49. The van der Waals surface area contributed by atoms with Crippen molar-refractivity contribution in [3.8, 4) is 0 Å². The van der Waals surface area contributed by atoms with E-state index in [-0.39, 0.29) is 11.9 Å². The lowest BCUT2D eigenvalue weighted by atomic mass is 10.1. The van der Waals surface area contributed by atoms with E-state index >= 15 is 0 Å². The smallest absolute Gasteiger partial charge is 0.143 e. The largest absolute Gasteiger partial charge is 0.392 e. The lowest BCUT2D eigenvalue weighted by molar-refractivity contribution is -0.118. The van der Waals surface area contributed by atoms with Crippen molar-refractivity contribution in [2.24, 2.45) is 0 Å². The first-order chi connectivity index (χ1) is 5.18. The molecule has 3 heteroatoms. The Morgan fingerprint density at radius 1 is 1.73 bits per heavy atom. The zero-order chi connectivity index (χ0) is 8.27. The van der Waals surface area contributed by atoms with Crippen molar-refractivity contribution < 1.29 is 9.90 Å². The molecule has 11 heavy (non-hydrogen) atoms. The first-order valence-corrected chi connectivity index (χ1v) is 4.08. The highest BCUT2D eigenvalue weighted by Crippen LogP contribution is 2.08. The number of rotatable bonds is 2. The number of hydrogen-bond donors (Lipinski definition) is 1. The number of likely N-dealkylation sites (tertiary alicyclic amines) is 1. The molecule has 0 aromatic heterocycles. The van der Waals surface area contributed by atoms with Crippen molar-refractivity contribution in [2.75, 3.05) is 19.6 Å². The average molecular weight is 157 g/mol. The minimum absolute atomic E-state index is 0.180. The fourth-order valence-corrected chi connectivity index (χ4v) is 1.49. The molecule has 1 fully saturated rings. The molecule has 3 nitrogen and oxygen atoms in total. The number of aliphatic hydroxyl groups is 1. The van der Waals surface area contributed by atoms with E-state index in [1.165, 1.54) is 0 Å². The van der Waals surface area contributed by atoms with Gasteiger partial charge in [-0.3, -0.25) is 9.69 Å². The van der Waals surface area contributed by atoms with Crippen LogP contribution >= 0.6 is 0 Å². The van der Waals surface area contributed by atoms with E-state index in [1.807, 2.05) is 4.90 Å². The number of piperidine rings is 1. The summed E-state index contributed by atoms with van der Waals surface area (Å²) in [4.78, 5) is 12.7. The molecule has 1 rings (SSSR count). The Kier molecular flexibility index (Phi) is 3.02. The van der Waals surface area contributed by atoms with Crippen LogP contribution in [0, 0.1) is 0 Å². The molecule has 1 atom stereocenters. The topological polar surface area (TPSA) is 40.5 Å². The third-order valence-corrected chi connectivity index (χ3v) is 1.93. The van der Waals surface area contributed by atoms with Crippen LogP contribution in [-0.4, -0.2) is 41.5 Å². The van der Waals surface area contributed by atoms with Crippen molar-refractivity contribution in [2.45, 2.75) is 25.9 Å². The van der Waals surface area contributed by atoms with Gasteiger partial charge in [-0.15, -0.1) is 0 Å². The third-order valence-electron chi connectivity index (χ3n) is 1.93. The number of carbonyl (C=O) groups excluding carboxylic acids is 1. The number of β-amino-alcohol motifs (C(OH)–C–C–N with tert-alkyl or cyclic N) is 1. The highest BCUT2D eigenvalue weighted by Gasteiger charge is 2.17. The SMILES string of the molecule is CC(=O)CN1CCC[C@H](O)C1. The molecule has 0 aromatic carbocycles. The van der Waals surface area contributed by atoms with E-state index in [0.29, 0.717) is 13.1 Å². The van der Waals surface area contributed by atoms with Gasteiger partial charge < -0.3 is 5.11 Å². The quantitative estimate of drug-likeness (QED) is 0.615. The summed E-state index contributed by atoms with van der Waals surface area (Å²) in [5, 5.41) is 9.24. The summed E-state index contributed by atoms with van der Waals surface area (Å²) in [6.07, 6.45) is 1.67. The van der Waals surface area contributed by atoms with Gasteiger partial charge >= 0.3 is 0 Å². The van der Waals surface area contributed by atoms with Gasteiger partial charge in [-0.05, 0) is 26.3 Å². The van der Waals surface area contributed by atoms with Crippen LogP contribution in [0.25, 0.3) is 0 Å². The maximum absolute atomic E-state index is 10.7. The minimum Gasteiger partial charge on any atom is -0.392 e. The van der Waals surface area contributed by atoms with Crippen LogP contribution in [0.3, 0.4) is 0 Å². The van der Waals surface area contributed by atoms with Crippen molar-refractivity contribution in [3.63, 3.8) is 0 Å². The number of hydrogen-bond acceptors (Lipinski definition) is 3. The minimum atomic E-state index is -0.219. The molecular formula is C8H15NO2. The van der Waals surface area contributed by atoms with Crippen LogP contribution in [0.4, 0.5) is 0 Å². The van der Waals surface area contributed by atoms with Crippen LogP contribution in [0.15, 0.2) is 0 Å².